The first-order valence-electron chi connectivity index (χ1n) is 3.68. The second-order valence-corrected chi connectivity index (χ2v) is 2.98. The topological polar surface area (TPSA) is 9.23 Å². The Labute approximate surface area is 72.2 Å². The number of methoxy groups -OCH3 is 1. The molecule has 0 saturated heterocycles. The maximum Gasteiger partial charge on any atom is 0.101 e. The SMILES string of the molecule is COC(C)CCC/C(Cl)=C/F. The van der Waals surface area contributed by atoms with Gasteiger partial charge in [-0.05, 0) is 26.2 Å². The molecule has 0 aliphatic heterocycles. The van der Waals surface area contributed by atoms with E-state index in [0.717, 1.165) is 12.8 Å². The molecule has 3 heteroatoms. The molecule has 0 saturated carbocycles. The van der Waals surface area contributed by atoms with Crippen molar-refractivity contribution in [2.45, 2.75) is 32.3 Å². The highest BCUT2D eigenvalue weighted by molar-refractivity contribution is 6.29. The minimum absolute atomic E-state index is 0.235. The maximum absolute atomic E-state index is 11.7. The number of hydrogen-bond donors (Lipinski definition) is 0. The van der Waals surface area contributed by atoms with E-state index in [1.807, 2.05) is 6.92 Å². The quantitative estimate of drug-likeness (QED) is 0.631. The van der Waals surface area contributed by atoms with E-state index in [1.54, 1.807) is 7.11 Å². The van der Waals surface area contributed by atoms with Crippen LogP contribution in [0.2, 0.25) is 0 Å². The van der Waals surface area contributed by atoms with Crippen LogP contribution < -0.4 is 0 Å². The molecule has 1 nitrogen and oxygen atoms in total. The molecule has 0 N–H and O–H groups in total. The number of hydrogen-bond acceptors (Lipinski definition) is 1. The lowest BCUT2D eigenvalue weighted by atomic mass is 10.2. The van der Waals surface area contributed by atoms with E-state index >= 15 is 0 Å². The zero-order valence-electron chi connectivity index (χ0n) is 6.94. The Bertz CT molecular complexity index is 125. The van der Waals surface area contributed by atoms with Crippen LogP contribution in [0.15, 0.2) is 11.4 Å². The Kier molecular flexibility index (Phi) is 6.57. The van der Waals surface area contributed by atoms with Crippen LogP contribution in [-0.4, -0.2) is 13.2 Å². The molecule has 0 rings (SSSR count). The van der Waals surface area contributed by atoms with Gasteiger partial charge >= 0.3 is 0 Å². The molecule has 66 valence electrons. The molecule has 0 aliphatic rings. The lowest BCUT2D eigenvalue weighted by molar-refractivity contribution is 0.109. The molecule has 0 aliphatic carbocycles. The fourth-order valence-corrected chi connectivity index (χ4v) is 0.864. The van der Waals surface area contributed by atoms with Crippen molar-refractivity contribution in [3.05, 3.63) is 11.4 Å². The van der Waals surface area contributed by atoms with Gasteiger partial charge in [0.1, 0.15) is 6.33 Å². The molecule has 0 amide bonds. The molecular weight excluding hydrogens is 167 g/mol. The number of halogens is 2. The second-order valence-electron chi connectivity index (χ2n) is 2.49. The van der Waals surface area contributed by atoms with Crippen LogP contribution in [0.5, 0.6) is 0 Å². The summed E-state index contributed by atoms with van der Waals surface area (Å²) in [5.41, 5.74) is 0. The van der Waals surface area contributed by atoms with Gasteiger partial charge in [-0.25, -0.2) is 4.39 Å². The molecule has 0 spiro atoms. The van der Waals surface area contributed by atoms with E-state index in [-0.39, 0.29) is 11.1 Å². The first kappa shape index (κ1) is 10.9. The molecule has 0 radical (unpaired) electrons. The molecule has 0 fully saturated rings. The largest absolute Gasteiger partial charge is 0.382 e. The summed E-state index contributed by atoms with van der Waals surface area (Å²) in [4.78, 5) is 0. The Morgan fingerprint density at radius 3 is 2.82 bits per heavy atom. The van der Waals surface area contributed by atoms with Crippen LogP contribution in [-0.2, 0) is 4.74 Å². The summed E-state index contributed by atoms with van der Waals surface area (Å²) >= 11 is 5.44. The van der Waals surface area contributed by atoms with Gasteiger partial charge in [0.05, 0.1) is 6.10 Å². The van der Waals surface area contributed by atoms with Crippen LogP contribution in [0.1, 0.15) is 26.2 Å². The smallest absolute Gasteiger partial charge is 0.101 e. The summed E-state index contributed by atoms with van der Waals surface area (Å²) in [6.07, 6.45) is 3.07. The highest BCUT2D eigenvalue weighted by atomic mass is 35.5. The second kappa shape index (κ2) is 6.62. The summed E-state index contributed by atoms with van der Waals surface area (Å²) < 4.78 is 16.7. The Hall–Kier alpha value is -0.0800. The highest BCUT2D eigenvalue weighted by Gasteiger charge is 1.99. The molecule has 0 heterocycles. The van der Waals surface area contributed by atoms with Crippen molar-refractivity contribution in [2.75, 3.05) is 7.11 Å². The van der Waals surface area contributed by atoms with Gasteiger partial charge in [0.2, 0.25) is 0 Å². The summed E-state index contributed by atoms with van der Waals surface area (Å²) in [5, 5.41) is 0.285. The Morgan fingerprint density at radius 2 is 2.36 bits per heavy atom. The lowest BCUT2D eigenvalue weighted by Gasteiger charge is -2.07. The van der Waals surface area contributed by atoms with Crippen molar-refractivity contribution in [2.24, 2.45) is 0 Å². The van der Waals surface area contributed by atoms with Gasteiger partial charge in [0, 0.05) is 12.1 Å². The average Bonchev–Trinajstić information content (AvgIpc) is 2.04. The lowest BCUT2D eigenvalue weighted by Crippen LogP contribution is -2.03. The van der Waals surface area contributed by atoms with Crippen LogP contribution in [0.25, 0.3) is 0 Å². The van der Waals surface area contributed by atoms with E-state index in [1.165, 1.54) is 0 Å². The van der Waals surface area contributed by atoms with Crippen molar-refractivity contribution in [1.82, 2.24) is 0 Å². The molecule has 1 unspecified atom stereocenters. The molecule has 11 heavy (non-hydrogen) atoms. The normalized spacial score (nSPS) is 15.1. The highest BCUT2D eigenvalue weighted by Crippen LogP contribution is 2.13. The standard InChI is InChI=1S/C8H14ClFO/c1-7(11-2)4-3-5-8(9)6-10/h6-7H,3-5H2,1-2H3/b8-6-. The van der Waals surface area contributed by atoms with Crippen molar-refractivity contribution in [1.29, 1.82) is 0 Å². The monoisotopic (exact) mass is 180 g/mol. The Morgan fingerprint density at radius 1 is 1.73 bits per heavy atom. The number of ether oxygens (including phenoxy) is 1. The minimum Gasteiger partial charge on any atom is -0.382 e. The fourth-order valence-electron chi connectivity index (χ4n) is 0.731. The molecular formula is C8H14ClFO. The molecule has 0 bridgehead atoms. The van der Waals surface area contributed by atoms with Gasteiger partial charge in [0.25, 0.3) is 0 Å². The third-order valence-electron chi connectivity index (χ3n) is 1.55. The van der Waals surface area contributed by atoms with Gasteiger partial charge < -0.3 is 4.74 Å². The van der Waals surface area contributed by atoms with Crippen LogP contribution in [0.4, 0.5) is 4.39 Å². The van der Waals surface area contributed by atoms with Crippen LogP contribution >= 0.6 is 11.6 Å². The van der Waals surface area contributed by atoms with Gasteiger partial charge in [-0.3, -0.25) is 0 Å². The molecule has 1 atom stereocenters. The van der Waals surface area contributed by atoms with Crippen molar-refractivity contribution >= 4 is 11.6 Å². The summed E-state index contributed by atoms with van der Waals surface area (Å²) in [5.74, 6) is 0. The van der Waals surface area contributed by atoms with E-state index in [9.17, 15) is 4.39 Å². The third kappa shape index (κ3) is 6.32. The van der Waals surface area contributed by atoms with Crippen LogP contribution in [0.3, 0.4) is 0 Å². The summed E-state index contributed by atoms with van der Waals surface area (Å²) in [7, 11) is 1.66. The van der Waals surface area contributed by atoms with Crippen LogP contribution in [0, 0.1) is 0 Å². The minimum atomic E-state index is 0.235. The number of allylic oxidation sites excluding steroid dienone is 1. The Balaban J connectivity index is 3.27. The van der Waals surface area contributed by atoms with E-state index in [0.29, 0.717) is 12.8 Å². The number of rotatable bonds is 5. The van der Waals surface area contributed by atoms with Crippen molar-refractivity contribution < 1.29 is 9.13 Å². The molecule has 0 aromatic carbocycles. The zero-order valence-corrected chi connectivity index (χ0v) is 7.70. The average molecular weight is 181 g/mol. The zero-order chi connectivity index (χ0) is 8.69. The van der Waals surface area contributed by atoms with Gasteiger partial charge in [0.15, 0.2) is 0 Å². The summed E-state index contributed by atoms with van der Waals surface area (Å²) in [6.45, 7) is 1.98. The van der Waals surface area contributed by atoms with Gasteiger partial charge in [-0.15, -0.1) is 0 Å². The third-order valence-corrected chi connectivity index (χ3v) is 1.82. The fraction of sp³-hybridized carbons (Fsp3) is 0.750. The van der Waals surface area contributed by atoms with Crippen molar-refractivity contribution in [3.8, 4) is 0 Å². The van der Waals surface area contributed by atoms with Gasteiger partial charge in [-0.2, -0.15) is 0 Å². The molecule has 0 aromatic rings. The van der Waals surface area contributed by atoms with Gasteiger partial charge in [-0.1, -0.05) is 11.6 Å². The van der Waals surface area contributed by atoms with E-state index in [2.05, 4.69) is 0 Å². The van der Waals surface area contributed by atoms with E-state index in [4.69, 9.17) is 16.3 Å². The maximum atomic E-state index is 11.7. The predicted molar refractivity (Wildman–Crippen MR) is 45.4 cm³/mol. The van der Waals surface area contributed by atoms with E-state index < -0.39 is 0 Å². The predicted octanol–water partition coefficient (Wildman–Crippen LogP) is 3.24. The first-order chi connectivity index (χ1) is 5.20. The first-order valence-corrected chi connectivity index (χ1v) is 4.06. The summed E-state index contributed by atoms with van der Waals surface area (Å²) in [6, 6.07) is 0. The molecule has 0 aromatic heterocycles. The van der Waals surface area contributed by atoms with Crippen molar-refractivity contribution in [3.63, 3.8) is 0 Å².